The molecule has 4 rings (SSSR count). The van der Waals surface area contributed by atoms with Crippen LogP contribution in [0.3, 0.4) is 0 Å². The van der Waals surface area contributed by atoms with E-state index in [1.807, 2.05) is 78.2 Å². The molecule has 0 saturated carbocycles. The summed E-state index contributed by atoms with van der Waals surface area (Å²) in [5.41, 5.74) is 6.20. The first-order chi connectivity index (χ1) is 16.9. The number of aromatic nitrogens is 3. The van der Waals surface area contributed by atoms with Crippen molar-refractivity contribution in [3.63, 3.8) is 0 Å². The molecule has 7 nitrogen and oxygen atoms in total. The van der Waals surface area contributed by atoms with Crippen LogP contribution in [0.2, 0.25) is 5.02 Å². The van der Waals surface area contributed by atoms with Gasteiger partial charge in [-0.2, -0.15) is 5.10 Å². The van der Waals surface area contributed by atoms with Crippen LogP contribution >= 0.6 is 39.3 Å². The Hall–Kier alpha value is -3.14. The molecular formula is C25H21BrClN5O2S. The largest absolute Gasteiger partial charge is 0.496 e. The lowest BCUT2D eigenvalue weighted by Gasteiger charge is -2.10. The number of benzene rings is 3. The third kappa shape index (κ3) is 6.30. The number of hydrogen-bond acceptors (Lipinski definition) is 6. The molecule has 0 aliphatic rings. The van der Waals surface area contributed by atoms with Crippen LogP contribution in [0.4, 0.5) is 0 Å². The predicted octanol–water partition coefficient (Wildman–Crippen LogP) is 5.91. The second-order valence-electron chi connectivity index (χ2n) is 7.45. The molecule has 0 saturated heterocycles. The molecule has 10 heteroatoms. The summed E-state index contributed by atoms with van der Waals surface area (Å²) in [6.07, 6.45) is 1.54. The Bertz CT molecular complexity index is 1360. The molecule has 1 amide bonds. The maximum Gasteiger partial charge on any atom is 0.250 e. The van der Waals surface area contributed by atoms with E-state index in [1.165, 1.54) is 18.0 Å². The van der Waals surface area contributed by atoms with E-state index < -0.39 is 0 Å². The van der Waals surface area contributed by atoms with Crippen LogP contribution in [0.25, 0.3) is 17.1 Å². The fourth-order valence-corrected chi connectivity index (χ4v) is 4.47. The lowest BCUT2D eigenvalue weighted by Crippen LogP contribution is -2.20. The number of ether oxygens (including phenoxy) is 1. The van der Waals surface area contributed by atoms with Crippen molar-refractivity contribution in [3.05, 3.63) is 87.4 Å². The third-order valence-corrected chi connectivity index (χ3v) is 6.62. The van der Waals surface area contributed by atoms with Crippen LogP contribution in [0.15, 0.2) is 81.5 Å². The van der Waals surface area contributed by atoms with Gasteiger partial charge in [-0.3, -0.25) is 9.36 Å². The van der Waals surface area contributed by atoms with E-state index in [9.17, 15) is 4.79 Å². The minimum absolute atomic E-state index is 0.104. The van der Waals surface area contributed by atoms with Crippen molar-refractivity contribution in [3.8, 4) is 22.8 Å². The zero-order valence-corrected chi connectivity index (χ0v) is 22.1. The van der Waals surface area contributed by atoms with Crippen LogP contribution in [0.1, 0.15) is 11.1 Å². The average molecular weight is 571 g/mol. The van der Waals surface area contributed by atoms with Gasteiger partial charge in [-0.25, -0.2) is 5.43 Å². The van der Waals surface area contributed by atoms with Crippen molar-refractivity contribution in [2.24, 2.45) is 5.10 Å². The number of rotatable bonds is 8. The normalized spacial score (nSPS) is 11.1. The molecule has 1 aromatic heterocycles. The Labute approximate surface area is 220 Å². The van der Waals surface area contributed by atoms with Crippen molar-refractivity contribution in [1.82, 2.24) is 20.2 Å². The van der Waals surface area contributed by atoms with Gasteiger partial charge in [-0.15, -0.1) is 10.2 Å². The van der Waals surface area contributed by atoms with E-state index in [1.54, 1.807) is 7.11 Å². The van der Waals surface area contributed by atoms with E-state index >= 15 is 0 Å². The standard InChI is InChI=1S/C25H21BrClN5O2S/c1-16-3-5-17(6-4-16)24-30-31-25(32(24)21-10-8-20(27)9-11-21)35-15-23(33)29-28-14-18-13-19(26)7-12-22(18)34-2/h3-14H,15H2,1-2H3,(H,29,33)/b28-14+. The molecule has 0 aliphatic carbocycles. The first kappa shape index (κ1) is 25.0. The highest BCUT2D eigenvalue weighted by Crippen LogP contribution is 2.29. The van der Waals surface area contributed by atoms with Crippen LogP contribution in [-0.4, -0.2) is 39.7 Å². The van der Waals surface area contributed by atoms with Gasteiger partial charge >= 0.3 is 0 Å². The molecule has 0 unspecified atom stereocenters. The molecule has 4 aromatic rings. The summed E-state index contributed by atoms with van der Waals surface area (Å²) in [6.45, 7) is 2.03. The third-order valence-electron chi connectivity index (χ3n) is 4.94. The van der Waals surface area contributed by atoms with Gasteiger partial charge in [0, 0.05) is 26.3 Å². The van der Waals surface area contributed by atoms with E-state index in [-0.39, 0.29) is 11.7 Å². The Morgan fingerprint density at radius 2 is 1.89 bits per heavy atom. The molecule has 178 valence electrons. The molecular weight excluding hydrogens is 550 g/mol. The number of methoxy groups -OCH3 is 1. The number of hydrazone groups is 1. The number of carbonyl (C=O) groups is 1. The van der Waals surface area contributed by atoms with Crippen molar-refractivity contribution in [2.75, 3.05) is 12.9 Å². The Morgan fingerprint density at radius 1 is 1.14 bits per heavy atom. The quantitative estimate of drug-likeness (QED) is 0.162. The van der Waals surface area contributed by atoms with E-state index in [0.29, 0.717) is 21.8 Å². The Morgan fingerprint density at radius 3 is 2.60 bits per heavy atom. The lowest BCUT2D eigenvalue weighted by molar-refractivity contribution is -0.118. The van der Waals surface area contributed by atoms with E-state index in [2.05, 4.69) is 36.7 Å². The highest BCUT2D eigenvalue weighted by Gasteiger charge is 2.17. The molecule has 0 spiro atoms. The maximum atomic E-state index is 12.5. The fourth-order valence-electron chi connectivity index (χ4n) is 3.22. The summed E-state index contributed by atoms with van der Waals surface area (Å²) in [5, 5.41) is 14.0. The number of aryl methyl sites for hydroxylation is 1. The van der Waals surface area contributed by atoms with Crippen molar-refractivity contribution in [2.45, 2.75) is 12.1 Å². The Balaban J connectivity index is 1.51. The number of halogens is 2. The van der Waals surface area contributed by atoms with Crippen LogP contribution < -0.4 is 10.2 Å². The molecule has 0 fully saturated rings. The van der Waals surface area contributed by atoms with Gasteiger partial charge in [-0.05, 0) is 49.4 Å². The van der Waals surface area contributed by atoms with Crippen LogP contribution in [0, 0.1) is 6.92 Å². The van der Waals surface area contributed by atoms with Gasteiger partial charge in [0.1, 0.15) is 5.75 Å². The molecule has 0 radical (unpaired) electrons. The van der Waals surface area contributed by atoms with Gasteiger partial charge < -0.3 is 4.74 Å². The number of hydrogen-bond donors (Lipinski definition) is 1. The predicted molar refractivity (Wildman–Crippen MR) is 144 cm³/mol. The smallest absolute Gasteiger partial charge is 0.250 e. The molecule has 1 N–H and O–H groups in total. The van der Waals surface area contributed by atoms with Crippen molar-refractivity contribution >= 4 is 51.4 Å². The van der Waals surface area contributed by atoms with Gasteiger partial charge in [-0.1, -0.05) is 69.1 Å². The SMILES string of the molecule is COc1ccc(Br)cc1/C=N/NC(=O)CSc1nnc(-c2ccc(C)cc2)n1-c1ccc(Cl)cc1. The first-order valence-electron chi connectivity index (χ1n) is 10.5. The lowest BCUT2D eigenvalue weighted by atomic mass is 10.1. The maximum absolute atomic E-state index is 12.5. The molecule has 0 atom stereocenters. The Kier molecular flexibility index (Phi) is 8.22. The van der Waals surface area contributed by atoms with Crippen LogP contribution in [-0.2, 0) is 4.79 Å². The summed E-state index contributed by atoms with van der Waals surface area (Å²) in [5.74, 6) is 1.16. The second kappa shape index (κ2) is 11.5. The minimum atomic E-state index is -0.275. The average Bonchev–Trinajstić information content (AvgIpc) is 3.28. The van der Waals surface area contributed by atoms with E-state index in [4.69, 9.17) is 16.3 Å². The molecule has 0 aliphatic heterocycles. The molecule has 0 bridgehead atoms. The summed E-state index contributed by atoms with van der Waals surface area (Å²) < 4.78 is 8.11. The summed E-state index contributed by atoms with van der Waals surface area (Å²) in [7, 11) is 1.58. The van der Waals surface area contributed by atoms with Gasteiger partial charge in [0.05, 0.1) is 19.1 Å². The zero-order valence-electron chi connectivity index (χ0n) is 18.9. The monoisotopic (exact) mass is 569 g/mol. The topological polar surface area (TPSA) is 81.4 Å². The summed E-state index contributed by atoms with van der Waals surface area (Å²) in [4.78, 5) is 12.5. The number of amides is 1. The molecule has 35 heavy (non-hydrogen) atoms. The molecule has 3 aromatic carbocycles. The zero-order chi connectivity index (χ0) is 24.8. The van der Waals surface area contributed by atoms with Crippen molar-refractivity contribution in [1.29, 1.82) is 0 Å². The highest BCUT2D eigenvalue weighted by atomic mass is 79.9. The minimum Gasteiger partial charge on any atom is -0.496 e. The van der Waals surface area contributed by atoms with Crippen molar-refractivity contribution < 1.29 is 9.53 Å². The molecule has 1 heterocycles. The number of carbonyl (C=O) groups excluding carboxylic acids is 1. The van der Waals surface area contributed by atoms with Gasteiger partial charge in [0.25, 0.3) is 5.91 Å². The number of thioether (sulfide) groups is 1. The summed E-state index contributed by atoms with van der Waals surface area (Å²) >= 11 is 10.8. The summed E-state index contributed by atoms with van der Waals surface area (Å²) in [6, 6.07) is 21.0. The number of nitrogens with zero attached hydrogens (tertiary/aromatic N) is 4. The van der Waals surface area contributed by atoms with Gasteiger partial charge in [0.2, 0.25) is 0 Å². The number of nitrogens with one attached hydrogen (secondary N) is 1. The van der Waals surface area contributed by atoms with E-state index in [0.717, 1.165) is 26.9 Å². The van der Waals surface area contributed by atoms with Gasteiger partial charge in [0.15, 0.2) is 11.0 Å². The highest BCUT2D eigenvalue weighted by molar-refractivity contribution is 9.10. The van der Waals surface area contributed by atoms with Crippen LogP contribution in [0.5, 0.6) is 5.75 Å². The fraction of sp³-hybridized carbons (Fsp3) is 0.120. The first-order valence-corrected chi connectivity index (χ1v) is 12.7. The second-order valence-corrected chi connectivity index (χ2v) is 9.75.